The maximum absolute atomic E-state index is 12.3. The Hall–Kier alpha value is -1.41. The van der Waals surface area contributed by atoms with Crippen LogP contribution in [-0.4, -0.2) is 5.78 Å². The molecule has 92 valence electrons. The highest BCUT2D eigenvalue weighted by Gasteiger charge is 2.33. The van der Waals surface area contributed by atoms with Gasteiger partial charge in [-0.1, -0.05) is 31.2 Å². The third-order valence-corrected chi connectivity index (χ3v) is 4.88. The van der Waals surface area contributed by atoms with Crippen molar-refractivity contribution in [1.29, 1.82) is 0 Å². The molecule has 0 saturated heterocycles. The van der Waals surface area contributed by atoms with E-state index in [1.54, 1.807) is 11.3 Å². The lowest BCUT2D eigenvalue weighted by Gasteiger charge is -2.08. The van der Waals surface area contributed by atoms with Gasteiger partial charge in [-0.05, 0) is 31.4 Å². The summed E-state index contributed by atoms with van der Waals surface area (Å²) < 4.78 is 0. The Morgan fingerprint density at radius 2 is 1.89 bits per heavy atom. The van der Waals surface area contributed by atoms with Crippen molar-refractivity contribution in [2.75, 3.05) is 0 Å². The number of hydrogen-bond donors (Lipinski definition) is 0. The standard InChI is InChI=1S/C16H16OS/c1-9-6-4-5-7-12(9)14-11(3)18-13-8-10(2)16(17)15(13)14/h4-7,10H,8H2,1-3H3. The lowest BCUT2D eigenvalue weighted by Crippen LogP contribution is -2.05. The van der Waals surface area contributed by atoms with Crippen molar-refractivity contribution in [1.82, 2.24) is 0 Å². The van der Waals surface area contributed by atoms with E-state index in [0.717, 1.165) is 12.0 Å². The maximum Gasteiger partial charge on any atom is 0.167 e. The summed E-state index contributed by atoms with van der Waals surface area (Å²) in [6, 6.07) is 8.34. The van der Waals surface area contributed by atoms with E-state index in [9.17, 15) is 4.79 Å². The molecular formula is C16H16OS. The van der Waals surface area contributed by atoms with Crippen molar-refractivity contribution >= 4 is 17.1 Å². The van der Waals surface area contributed by atoms with Gasteiger partial charge in [-0.15, -0.1) is 11.3 Å². The molecule has 2 heteroatoms. The van der Waals surface area contributed by atoms with Gasteiger partial charge in [-0.25, -0.2) is 0 Å². The van der Waals surface area contributed by atoms with Gasteiger partial charge in [0, 0.05) is 26.8 Å². The number of ketones is 1. The van der Waals surface area contributed by atoms with Crippen LogP contribution in [0, 0.1) is 19.8 Å². The van der Waals surface area contributed by atoms with Crippen molar-refractivity contribution in [3.63, 3.8) is 0 Å². The SMILES string of the molecule is Cc1ccccc1-c1c(C)sc2c1C(=O)C(C)C2. The van der Waals surface area contributed by atoms with Crippen LogP contribution in [0.15, 0.2) is 24.3 Å². The zero-order chi connectivity index (χ0) is 12.9. The second kappa shape index (κ2) is 4.06. The first-order chi connectivity index (χ1) is 8.59. The summed E-state index contributed by atoms with van der Waals surface area (Å²) in [5.41, 5.74) is 4.64. The smallest absolute Gasteiger partial charge is 0.167 e. The van der Waals surface area contributed by atoms with E-state index in [4.69, 9.17) is 0 Å². The number of carbonyl (C=O) groups is 1. The molecule has 1 aromatic heterocycles. The van der Waals surface area contributed by atoms with E-state index < -0.39 is 0 Å². The van der Waals surface area contributed by atoms with Gasteiger partial charge in [-0.2, -0.15) is 0 Å². The summed E-state index contributed by atoms with van der Waals surface area (Å²) in [6.45, 7) is 6.27. The molecule has 3 rings (SSSR count). The molecule has 0 bridgehead atoms. The molecule has 0 amide bonds. The van der Waals surface area contributed by atoms with E-state index in [2.05, 4.69) is 32.0 Å². The van der Waals surface area contributed by atoms with Gasteiger partial charge in [-0.3, -0.25) is 4.79 Å². The lowest BCUT2D eigenvalue weighted by atomic mass is 9.95. The highest BCUT2D eigenvalue weighted by atomic mass is 32.1. The molecule has 0 radical (unpaired) electrons. The fraction of sp³-hybridized carbons (Fsp3) is 0.312. The van der Waals surface area contributed by atoms with Crippen LogP contribution >= 0.6 is 11.3 Å². The summed E-state index contributed by atoms with van der Waals surface area (Å²) in [7, 11) is 0. The molecule has 0 aliphatic heterocycles. The molecule has 1 unspecified atom stereocenters. The molecule has 0 fully saturated rings. The van der Waals surface area contributed by atoms with Crippen LogP contribution < -0.4 is 0 Å². The first-order valence-corrected chi connectivity index (χ1v) is 7.13. The molecule has 0 spiro atoms. The van der Waals surface area contributed by atoms with Crippen LogP contribution in [-0.2, 0) is 6.42 Å². The first kappa shape index (κ1) is 11.7. The van der Waals surface area contributed by atoms with Gasteiger partial charge in [0.15, 0.2) is 5.78 Å². The number of carbonyl (C=O) groups excluding carboxylic acids is 1. The molecule has 1 atom stereocenters. The zero-order valence-electron chi connectivity index (χ0n) is 10.9. The molecule has 1 aliphatic carbocycles. The molecule has 1 nitrogen and oxygen atoms in total. The maximum atomic E-state index is 12.3. The fourth-order valence-electron chi connectivity index (χ4n) is 2.80. The van der Waals surface area contributed by atoms with Crippen LogP contribution in [0.2, 0.25) is 0 Å². The van der Waals surface area contributed by atoms with Crippen molar-refractivity contribution in [3.05, 3.63) is 45.1 Å². The number of hydrogen-bond acceptors (Lipinski definition) is 2. The normalized spacial score (nSPS) is 18.2. The second-order valence-electron chi connectivity index (χ2n) is 5.12. The van der Waals surface area contributed by atoms with Crippen LogP contribution in [0.3, 0.4) is 0 Å². The van der Waals surface area contributed by atoms with Crippen LogP contribution in [0.1, 0.15) is 32.6 Å². The van der Waals surface area contributed by atoms with E-state index >= 15 is 0 Å². The molecule has 0 saturated carbocycles. The summed E-state index contributed by atoms with van der Waals surface area (Å²) in [6.07, 6.45) is 0.922. The molecule has 1 aliphatic rings. The highest BCUT2D eigenvalue weighted by molar-refractivity contribution is 7.13. The van der Waals surface area contributed by atoms with Crippen molar-refractivity contribution in [2.45, 2.75) is 27.2 Å². The van der Waals surface area contributed by atoms with Gasteiger partial charge in [0.25, 0.3) is 0 Å². The van der Waals surface area contributed by atoms with Gasteiger partial charge in [0.2, 0.25) is 0 Å². The Balaban J connectivity index is 2.27. The molecule has 2 aromatic rings. The second-order valence-corrected chi connectivity index (χ2v) is 6.43. The van der Waals surface area contributed by atoms with Gasteiger partial charge >= 0.3 is 0 Å². The summed E-state index contributed by atoms with van der Waals surface area (Å²) in [5.74, 6) is 0.488. The number of fused-ring (bicyclic) bond motifs is 1. The predicted octanol–water partition coefficient (Wildman–Crippen LogP) is 4.41. The molecule has 1 heterocycles. The van der Waals surface area contributed by atoms with Gasteiger partial charge in [0.1, 0.15) is 0 Å². The Morgan fingerprint density at radius 3 is 2.61 bits per heavy atom. The zero-order valence-corrected chi connectivity index (χ0v) is 11.7. The van der Waals surface area contributed by atoms with E-state index in [0.29, 0.717) is 5.78 Å². The van der Waals surface area contributed by atoms with Gasteiger partial charge < -0.3 is 0 Å². The topological polar surface area (TPSA) is 17.1 Å². The molecule has 1 aromatic carbocycles. The Bertz CT molecular complexity index is 637. The van der Waals surface area contributed by atoms with Crippen molar-refractivity contribution < 1.29 is 4.79 Å². The Kier molecular flexibility index (Phi) is 2.63. The number of rotatable bonds is 1. The Labute approximate surface area is 111 Å². The number of aryl methyl sites for hydroxylation is 2. The third kappa shape index (κ3) is 1.56. The van der Waals surface area contributed by atoms with Gasteiger partial charge in [0.05, 0.1) is 0 Å². The minimum atomic E-state index is 0.162. The number of benzene rings is 1. The summed E-state index contributed by atoms with van der Waals surface area (Å²) >= 11 is 1.79. The minimum absolute atomic E-state index is 0.162. The van der Waals surface area contributed by atoms with Crippen molar-refractivity contribution in [3.8, 4) is 11.1 Å². The monoisotopic (exact) mass is 256 g/mol. The number of thiophene rings is 1. The van der Waals surface area contributed by atoms with E-state index in [-0.39, 0.29) is 5.92 Å². The third-order valence-electron chi connectivity index (χ3n) is 3.76. The lowest BCUT2D eigenvalue weighted by molar-refractivity contribution is 0.0947. The van der Waals surface area contributed by atoms with Crippen LogP contribution in [0.25, 0.3) is 11.1 Å². The van der Waals surface area contributed by atoms with Crippen LogP contribution in [0.5, 0.6) is 0 Å². The summed E-state index contributed by atoms with van der Waals surface area (Å²) in [5, 5.41) is 0. The van der Waals surface area contributed by atoms with Crippen molar-refractivity contribution in [2.24, 2.45) is 5.92 Å². The Morgan fingerprint density at radius 1 is 1.17 bits per heavy atom. The average Bonchev–Trinajstić information content (AvgIpc) is 2.78. The van der Waals surface area contributed by atoms with E-state index in [1.165, 1.54) is 26.4 Å². The highest BCUT2D eigenvalue weighted by Crippen LogP contribution is 2.43. The largest absolute Gasteiger partial charge is 0.294 e. The average molecular weight is 256 g/mol. The quantitative estimate of drug-likeness (QED) is 0.738. The first-order valence-electron chi connectivity index (χ1n) is 6.32. The van der Waals surface area contributed by atoms with Crippen LogP contribution in [0.4, 0.5) is 0 Å². The molecule has 0 N–H and O–H groups in total. The predicted molar refractivity (Wildman–Crippen MR) is 76.4 cm³/mol. The fourth-order valence-corrected chi connectivity index (χ4v) is 4.12. The minimum Gasteiger partial charge on any atom is -0.294 e. The number of Topliss-reactive ketones (excluding diaryl/α,β-unsaturated/α-hetero) is 1. The molecular weight excluding hydrogens is 240 g/mol. The van der Waals surface area contributed by atoms with E-state index in [1.807, 2.05) is 13.0 Å². The molecule has 18 heavy (non-hydrogen) atoms. The summed E-state index contributed by atoms with van der Waals surface area (Å²) in [4.78, 5) is 14.9.